The van der Waals surface area contributed by atoms with Gasteiger partial charge in [-0.25, -0.2) is 4.79 Å². The number of amides is 1. The molecule has 0 aliphatic heterocycles. The number of hydrogen-bond acceptors (Lipinski definition) is 3. The van der Waals surface area contributed by atoms with E-state index in [1.807, 2.05) is 32.9 Å². The summed E-state index contributed by atoms with van der Waals surface area (Å²) in [6.45, 7) is 6.40. The Labute approximate surface area is 131 Å². The molecule has 0 fully saturated rings. The van der Waals surface area contributed by atoms with E-state index in [1.165, 1.54) is 0 Å². The van der Waals surface area contributed by atoms with Gasteiger partial charge in [-0.15, -0.1) is 0 Å². The van der Waals surface area contributed by atoms with Crippen molar-refractivity contribution in [3.63, 3.8) is 0 Å². The molecule has 0 heterocycles. The van der Waals surface area contributed by atoms with Crippen molar-refractivity contribution in [2.75, 3.05) is 0 Å². The standard InChI is InChI=1S/C17H25NO4/c1-4-5-6-15(17(20)21)18-16(19)14-9-7-13(8-10-14)11-22-12(2)3/h7-10,12,15H,4-6,11H2,1-3H3,(H,18,19)(H,20,21). The molecule has 0 bridgehead atoms. The number of hydrogen-bond donors (Lipinski definition) is 2. The monoisotopic (exact) mass is 307 g/mol. The van der Waals surface area contributed by atoms with Gasteiger partial charge < -0.3 is 15.2 Å². The van der Waals surface area contributed by atoms with Crippen LogP contribution >= 0.6 is 0 Å². The van der Waals surface area contributed by atoms with Crippen molar-refractivity contribution in [3.8, 4) is 0 Å². The number of unbranched alkanes of at least 4 members (excludes halogenated alkanes) is 1. The first-order chi connectivity index (χ1) is 10.4. The Balaban J connectivity index is 2.62. The fourth-order valence-corrected chi connectivity index (χ4v) is 1.92. The van der Waals surface area contributed by atoms with Crippen LogP contribution in [0.15, 0.2) is 24.3 Å². The summed E-state index contributed by atoms with van der Waals surface area (Å²) in [5.41, 5.74) is 1.43. The lowest BCUT2D eigenvalue weighted by atomic mass is 10.1. The van der Waals surface area contributed by atoms with E-state index in [0.29, 0.717) is 18.6 Å². The van der Waals surface area contributed by atoms with Gasteiger partial charge in [0, 0.05) is 5.56 Å². The highest BCUT2D eigenvalue weighted by molar-refractivity contribution is 5.96. The molecule has 1 atom stereocenters. The molecule has 0 spiro atoms. The van der Waals surface area contributed by atoms with Gasteiger partial charge in [0.05, 0.1) is 12.7 Å². The molecular formula is C17H25NO4. The third-order valence-corrected chi connectivity index (χ3v) is 3.25. The number of benzene rings is 1. The van der Waals surface area contributed by atoms with Gasteiger partial charge in [0.1, 0.15) is 6.04 Å². The van der Waals surface area contributed by atoms with Gasteiger partial charge in [-0.05, 0) is 38.0 Å². The van der Waals surface area contributed by atoms with Crippen molar-refractivity contribution in [1.29, 1.82) is 0 Å². The topological polar surface area (TPSA) is 75.6 Å². The molecule has 22 heavy (non-hydrogen) atoms. The van der Waals surface area contributed by atoms with Gasteiger partial charge in [0.15, 0.2) is 0 Å². The van der Waals surface area contributed by atoms with Crippen LogP contribution in [0.5, 0.6) is 0 Å². The Bertz CT molecular complexity index is 482. The highest BCUT2D eigenvalue weighted by atomic mass is 16.5. The summed E-state index contributed by atoms with van der Waals surface area (Å²) in [6, 6.07) is 6.18. The lowest BCUT2D eigenvalue weighted by Crippen LogP contribution is -2.40. The second kappa shape index (κ2) is 9.20. The zero-order chi connectivity index (χ0) is 16.5. The maximum absolute atomic E-state index is 12.1. The quantitative estimate of drug-likeness (QED) is 0.735. The normalized spacial score (nSPS) is 12.2. The van der Waals surface area contributed by atoms with Crippen molar-refractivity contribution >= 4 is 11.9 Å². The Hall–Kier alpha value is -1.88. The highest BCUT2D eigenvalue weighted by Gasteiger charge is 2.19. The molecule has 1 rings (SSSR count). The smallest absolute Gasteiger partial charge is 0.326 e. The van der Waals surface area contributed by atoms with Crippen LogP contribution in [-0.4, -0.2) is 29.1 Å². The maximum Gasteiger partial charge on any atom is 0.326 e. The first kappa shape index (κ1) is 18.2. The van der Waals surface area contributed by atoms with E-state index in [4.69, 9.17) is 9.84 Å². The van der Waals surface area contributed by atoms with E-state index in [-0.39, 0.29) is 12.0 Å². The minimum atomic E-state index is -0.997. The Morgan fingerprint density at radius 2 is 1.86 bits per heavy atom. The molecule has 1 aromatic carbocycles. The van der Waals surface area contributed by atoms with Crippen molar-refractivity contribution < 1.29 is 19.4 Å². The van der Waals surface area contributed by atoms with Gasteiger partial charge in [-0.2, -0.15) is 0 Å². The van der Waals surface area contributed by atoms with Crippen molar-refractivity contribution in [1.82, 2.24) is 5.32 Å². The number of carbonyl (C=O) groups excluding carboxylic acids is 1. The van der Waals surface area contributed by atoms with E-state index >= 15 is 0 Å². The van der Waals surface area contributed by atoms with E-state index in [2.05, 4.69) is 5.32 Å². The number of rotatable bonds is 9. The first-order valence-corrected chi connectivity index (χ1v) is 7.68. The highest BCUT2D eigenvalue weighted by Crippen LogP contribution is 2.08. The van der Waals surface area contributed by atoms with Crippen LogP contribution in [0.25, 0.3) is 0 Å². The molecule has 0 aromatic heterocycles. The SMILES string of the molecule is CCCCC(NC(=O)c1ccc(COC(C)C)cc1)C(=O)O. The summed E-state index contributed by atoms with van der Waals surface area (Å²) < 4.78 is 5.49. The van der Waals surface area contributed by atoms with E-state index < -0.39 is 12.0 Å². The lowest BCUT2D eigenvalue weighted by Gasteiger charge is -2.14. The molecule has 5 heteroatoms. The van der Waals surface area contributed by atoms with Crippen LogP contribution < -0.4 is 5.32 Å². The summed E-state index contributed by atoms with van der Waals surface area (Å²) in [5, 5.41) is 11.7. The average molecular weight is 307 g/mol. The summed E-state index contributed by atoms with van der Waals surface area (Å²) in [6.07, 6.45) is 2.25. The molecule has 5 nitrogen and oxygen atoms in total. The molecule has 1 amide bonds. The van der Waals surface area contributed by atoms with Gasteiger partial charge >= 0.3 is 5.97 Å². The fraction of sp³-hybridized carbons (Fsp3) is 0.529. The van der Waals surface area contributed by atoms with E-state index in [9.17, 15) is 9.59 Å². The molecule has 0 saturated heterocycles. The average Bonchev–Trinajstić information content (AvgIpc) is 2.49. The largest absolute Gasteiger partial charge is 0.480 e. The second-order valence-electron chi connectivity index (χ2n) is 5.56. The third kappa shape index (κ3) is 6.26. The fourth-order valence-electron chi connectivity index (χ4n) is 1.92. The minimum Gasteiger partial charge on any atom is -0.480 e. The number of carbonyl (C=O) groups is 2. The predicted molar refractivity (Wildman–Crippen MR) is 84.8 cm³/mol. The van der Waals surface area contributed by atoms with Gasteiger partial charge in [-0.3, -0.25) is 4.79 Å². The van der Waals surface area contributed by atoms with E-state index in [0.717, 1.165) is 18.4 Å². The number of ether oxygens (including phenoxy) is 1. The third-order valence-electron chi connectivity index (χ3n) is 3.25. The van der Waals surface area contributed by atoms with E-state index in [1.54, 1.807) is 12.1 Å². The number of carboxylic acids is 1. The zero-order valence-corrected chi connectivity index (χ0v) is 13.5. The maximum atomic E-state index is 12.1. The van der Waals surface area contributed by atoms with Gasteiger partial charge in [0.2, 0.25) is 0 Å². The Kier molecular flexibility index (Phi) is 7.60. The van der Waals surface area contributed by atoms with Crippen LogP contribution in [-0.2, 0) is 16.1 Å². The first-order valence-electron chi connectivity index (χ1n) is 7.68. The molecule has 0 aliphatic rings. The summed E-state index contributed by atoms with van der Waals surface area (Å²) >= 11 is 0. The van der Waals surface area contributed by atoms with Crippen LogP contribution in [0, 0.1) is 0 Å². The Morgan fingerprint density at radius 1 is 1.23 bits per heavy atom. The summed E-state index contributed by atoms with van der Waals surface area (Å²) in [5.74, 6) is -1.36. The van der Waals surface area contributed by atoms with Crippen molar-refractivity contribution in [2.24, 2.45) is 0 Å². The molecule has 122 valence electrons. The van der Waals surface area contributed by atoms with Crippen molar-refractivity contribution in [2.45, 2.75) is 58.8 Å². The molecule has 0 radical (unpaired) electrons. The molecule has 0 saturated carbocycles. The summed E-state index contributed by atoms with van der Waals surface area (Å²) in [4.78, 5) is 23.2. The van der Waals surface area contributed by atoms with Crippen LogP contribution in [0.1, 0.15) is 56.0 Å². The number of carboxylic acid groups (broad SMARTS) is 1. The van der Waals surface area contributed by atoms with Crippen molar-refractivity contribution in [3.05, 3.63) is 35.4 Å². The van der Waals surface area contributed by atoms with Gasteiger partial charge in [0.25, 0.3) is 5.91 Å². The minimum absolute atomic E-state index is 0.151. The Morgan fingerprint density at radius 3 is 2.36 bits per heavy atom. The van der Waals surface area contributed by atoms with Crippen LogP contribution in [0.4, 0.5) is 0 Å². The predicted octanol–water partition coefficient (Wildman–Crippen LogP) is 2.98. The van der Waals surface area contributed by atoms with Crippen LogP contribution in [0.3, 0.4) is 0 Å². The molecule has 2 N–H and O–H groups in total. The lowest BCUT2D eigenvalue weighted by molar-refractivity contribution is -0.139. The summed E-state index contributed by atoms with van der Waals surface area (Å²) in [7, 11) is 0. The molecule has 0 aliphatic carbocycles. The number of nitrogens with one attached hydrogen (secondary N) is 1. The van der Waals surface area contributed by atoms with Gasteiger partial charge in [-0.1, -0.05) is 31.9 Å². The zero-order valence-electron chi connectivity index (χ0n) is 13.5. The molecular weight excluding hydrogens is 282 g/mol. The number of aliphatic carboxylic acids is 1. The van der Waals surface area contributed by atoms with Crippen LogP contribution in [0.2, 0.25) is 0 Å². The second-order valence-corrected chi connectivity index (χ2v) is 5.56. The molecule has 1 unspecified atom stereocenters. The molecule has 1 aromatic rings.